The summed E-state index contributed by atoms with van der Waals surface area (Å²) in [4.78, 5) is 31.5. The maximum atomic E-state index is 13.8. The standard InChI is InChI=1S/C29H28N2O5/c1-3-34-25-11-7-6-10-23(25)29(33)31(13-12-20-9-5-4-8-19(20)2)17-22-14-21-15-26-27(36-18-35-26)16-24(21)30-28(22)32/h4-11,14-16H,3,12-13,17-18H2,1-2H3,(H,30,32). The van der Waals surface area contributed by atoms with Gasteiger partial charge in [-0.1, -0.05) is 36.4 Å². The number of carbonyl (C=O) groups excluding carboxylic acids is 1. The monoisotopic (exact) mass is 484 g/mol. The van der Waals surface area contributed by atoms with Crippen molar-refractivity contribution in [2.75, 3.05) is 19.9 Å². The number of pyridine rings is 1. The molecule has 0 aliphatic carbocycles. The van der Waals surface area contributed by atoms with Crippen molar-refractivity contribution in [1.29, 1.82) is 0 Å². The van der Waals surface area contributed by atoms with Crippen molar-refractivity contribution < 1.29 is 19.0 Å². The van der Waals surface area contributed by atoms with Gasteiger partial charge in [-0.25, -0.2) is 0 Å². The van der Waals surface area contributed by atoms with E-state index in [4.69, 9.17) is 14.2 Å². The van der Waals surface area contributed by atoms with Crippen molar-refractivity contribution in [2.24, 2.45) is 0 Å². The first-order chi connectivity index (χ1) is 17.5. The molecule has 0 bridgehead atoms. The zero-order valence-corrected chi connectivity index (χ0v) is 20.4. The van der Waals surface area contributed by atoms with Crippen LogP contribution in [0.5, 0.6) is 17.2 Å². The van der Waals surface area contributed by atoms with E-state index in [-0.39, 0.29) is 24.8 Å². The summed E-state index contributed by atoms with van der Waals surface area (Å²) >= 11 is 0. The smallest absolute Gasteiger partial charge is 0.257 e. The fraction of sp³-hybridized carbons (Fsp3) is 0.241. The Hall–Kier alpha value is -4.26. The quantitative estimate of drug-likeness (QED) is 0.387. The summed E-state index contributed by atoms with van der Waals surface area (Å²) in [6.45, 7) is 5.16. The first kappa shape index (κ1) is 23.5. The molecule has 1 N–H and O–H groups in total. The first-order valence-electron chi connectivity index (χ1n) is 12.0. The molecular weight excluding hydrogens is 456 g/mol. The van der Waals surface area contributed by atoms with Crippen LogP contribution in [0.2, 0.25) is 0 Å². The third kappa shape index (κ3) is 4.77. The number of para-hydroxylation sites is 1. The van der Waals surface area contributed by atoms with E-state index in [0.717, 1.165) is 10.9 Å². The maximum Gasteiger partial charge on any atom is 0.257 e. The number of carbonyl (C=O) groups is 1. The highest BCUT2D eigenvalue weighted by molar-refractivity contribution is 5.97. The Bertz CT molecular complexity index is 1480. The lowest BCUT2D eigenvalue weighted by Gasteiger charge is -2.24. The van der Waals surface area contributed by atoms with Crippen molar-refractivity contribution in [3.63, 3.8) is 0 Å². The van der Waals surface area contributed by atoms with Gasteiger partial charge in [-0.2, -0.15) is 0 Å². The zero-order valence-electron chi connectivity index (χ0n) is 20.4. The summed E-state index contributed by atoms with van der Waals surface area (Å²) in [5, 5.41) is 0.815. The van der Waals surface area contributed by atoms with Crippen molar-refractivity contribution in [3.05, 3.63) is 99.3 Å². The van der Waals surface area contributed by atoms with E-state index < -0.39 is 0 Å². The molecule has 5 rings (SSSR count). The highest BCUT2D eigenvalue weighted by atomic mass is 16.7. The van der Waals surface area contributed by atoms with Crippen LogP contribution in [-0.2, 0) is 13.0 Å². The van der Waals surface area contributed by atoms with Gasteiger partial charge in [0.05, 0.1) is 24.2 Å². The molecule has 0 fully saturated rings. The molecule has 1 amide bonds. The molecule has 0 saturated heterocycles. The SMILES string of the molecule is CCOc1ccccc1C(=O)N(CCc1ccccc1C)Cc1cc2cc3c(cc2[nH]c1=O)OCO3. The number of aryl methyl sites for hydroxylation is 1. The molecule has 1 aliphatic heterocycles. The van der Waals surface area contributed by atoms with Crippen LogP contribution in [-0.4, -0.2) is 35.7 Å². The zero-order chi connectivity index (χ0) is 25.1. The fourth-order valence-corrected chi connectivity index (χ4v) is 4.46. The normalized spacial score (nSPS) is 12.1. The minimum absolute atomic E-state index is 0.156. The third-order valence-electron chi connectivity index (χ3n) is 6.39. The number of fused-ring (bicyclic) bond motifs is 2. The van der Waals surface area contributed by atoms with Crippen LogP contribution < -0.4 is 19.8 Å². The predicted octanol–water partition coefficient (Wildman–Crippen LogP) is 4.85. The van der Waals surface area contributed by atoms with Crippen LogP contribution in [0.1, 0.15) is 34.0 Å². The Labute approximate surface area is 209 Å². The van der Waals surface area contributed by atoms with Gasteiger partial charge in [0.15, 0.2) is 11.5 Å². The number of hydrogen-bond acceptors (Lipinski definition) is 5. The second-order valence-corrected chi connectivity index (χ2v) is 8.75. The van der Waals surface area contributed by atoms with E-state index in [1.807, 2.05) is 43.3 Å². The summed E-state index contributed by atoms with van der Waals surface area (Å²) in [6.07, 6.45) is 0.666. The molecule has 36 heavy (non-hydrogen) atoms. The summed E-state index contributed by atoms with van der Waals surface area (Å²) in [5.74, 6) is 1.59. The number of amides is 1. The first-order valence-corrected chi connectivity index (χ1v) is 12.0. The lowest BCUT2D eigenvalue weighted by atomic mass is 10.0. The molecule has 1 aromatic heterocycles. The number of rotatable bonds is 8. The topological polar surface area (TPSA) is 80.9 Å². The molecule has 3 aromatic carbocycles. The summed E-state index contributed by atoms with van der Waals surface area (Å²) in [7, 11) is 0. The summed E-state index contributed by atoms with van der Waals surface area (Å²) < 4.78 is 16.6. The second kappa shape index (κ2) is 10.2. The number of H-pyrrole nitrogens is 1. The number of ether oxygens (including phenoxy) is 3. The number of nitrogens with one attached hydrogen (secondary N) is 1. The fourth-order valence-electron chi connectivity index (χ4n) is 4.46. The molecule has 0 radical (unpaired) electrons. The highest BCUT2D eigenvalue weighted by Crippen LogP contribution is 2.35. The molecule has 0 atom stereocenters. The minimum Gasteiger partial charge on any atom is -0.493 e. The molecular formula is C29H28N2O5. The number of aromatic nitrogens is 1. The van der Waals surface area contributed by atoms with Gasteiger partial charge in [0.2, 0.25) is 6.79 Å². The molecule has 184 valence electrons. The number of nitrogens with zero attached hydrogens (tertiary/aromatic N) is 1. The van der Waals surface area contributed by atoms with Crippen molar-refractivity contribution in [2.45, 2.75) is 26.8 Å². The Morgan fingerprint density at radius 3 is 2.56 bits per heavy atom. The Morgan fingerprint density at radius 2 is 1.75 bits per heavy atom. The van der Waals surface area contributed by atoms with Crippen molar-refractivity contribution in [1.82, 2.24) is 9.88 Å². The van der Waals surface area contributed by atoms with Gasteiger partial charge in [0.1, 0.15) is 5.75 Å². The molecule has 7 heteroatoms. The third-order valence-corrected chi connectivity index (χ3v) is 6.39. The highest BCUT2D eigenvalue weighted by Gasteiger charge is 2.22. The van der Waals surface area contributed by atoms with Gasteiger partial charge in [0.25, 0.3) is 11.5 Å². The van der Waals surface area contributed by atoms with Gasteiger partial charge >= 0.3 is 0 Å². The van der Waals surface area contributed by atoms with E-state index in [1.54, 1.807) is 23.1 Å². The Balaban J connectivity index is 1.49. The molecule has 0 spiro atoms. The van der Waals surface area contributed by atoms with Crippen molar-refractivity contribution in [3.8, 4) is 17.2 Å². The van der Waals surface area contributed by atoms with Gasteiger partial charge in [-0.05, 0) is 55.7 Å². The lowest BCUT2D eigenvalue weighted by molar-refractivity contribution is 0.0740. The van der Waals surface area contributed by atoms with Crippen LogP contribution in [0.4, 0.5) is 0 Å². The van der Waals surface area contributed by atoms with Crippen LogP contribution in [0, 0.1) is 6.92 Å². The van der Waals surface area contributed by atoms with Gasteiger partial charge in [-0.3, -0.25) is 9.59 Å². The lowest BCUT2D eigenvalue weighted by Crippen LogP contribution is -2.35. The van der Waals surface area contributed by atoms with Crippen LogP contribution >= 0.6 is 0 Å². The van der Waals surface area contributed by atoms with E-state index in [2.05, 4.69) is 24.0 Å². The minimum atomic E-state index is -0.242. The molecule has 0 unspecified atom stereocenters. The van der Waals surface area contributed by atoms with E-state index >= 15 is 0 Å². The van der Waals surface area contributed by atoms with Gasteiger partial charge in [0, 0.05) is 23.6 Å². The van der Waals surface area contributed by atoms with Gasteiger partial charge < -0.3 is 24.1 Å². The Morgan fingerprint density at radius 1 is 1.00 bits per heavy atom. The molecule has 7 nitrogen and oxygen atoms in total. The van der Waals surface area contributed by atoms with Crippen LogP contribution in [0.3, 0.4) is 0 Å². The maximum absolute atomic E-state index is 13.8. The van der Waals surface area contributed by atoms with Crippen molar-refractivity contribution >= 4 is 16.8 Å². The molecule has 4 aromatic rings. The van der Waals surface area contributed by atoms with E-state index in [1.165, 1.54) is 5.56 Å². The predicted molar refractivity (Wildman–Crippen MR) is 138 cm³/mol. The van der Waals surface area contributed by atoms with E-state index in [0.29, 0.717) is 53.5 Å². The average molecular weight is 485 g/mol. The largest absolute Gasteiger partial charge is 0.493 e. The summed E-state index contributed by atoms with van der Waals surface area (Å²) in [5.41, 5.74) is 3.71. The molecule has 1 aliphatic rings. The number of hydrogen-bond donors (Lipinski definition) is 1. The summed E-state index contributed by atoms with van der Waals surface area (Å²) in [6, 6.07) is 20.8. The van der Waals surface area contributed by atoms with Gasteiger partial charge in [-0.15, -0.1) is 0 Å². The number of benzene rings is 3. The average Bonchev–Trinajstić information content (AvgIpc) is 3.34. The van der Waals surface area contributed by atoms with Crippen LogP contribution in [0.25, 0.3) is 10.9 Å². The Kier molecular flexibility index (Phi) is 6.62. The second-order valence-electron chi connectivity index (χ2n) is 8.75. The van der Waals surface area contributed by atoms with E-state index in [9.17, 15) is 9.59 Å². The molecule has 0 saturated carbocycles. The molecule has 2 heterocycles. The van der Waals surface area contributed by atoms with Crippen LogP contribution in [0.15, 0.2) is 71.5 Å². The number of aromatic amines is 1.